The number of alkyl carbamates (subject to hydrolysis) is 1. The minimum absolute atomic E-state index is 0.0599. The Morgan fingerprint density at radius 3 is 2.39 bits per heavy atom. The first-order chi connectivity index (χ1) is 19.6. The molecule has 14 heteroatoms. The summed E-state index contributed by atoms with van der Waals surface area (Å²) >= 11 is 0. The molecule has 41 heavy (non-hydrogen) atoms. The number of hydrogen-bond acceptors (Lipinski definition) is 9. The van der Waals surface area contributed by atoms with E-state index in [0.29, 0.717) is 5.56 Å². The normalized spacial score (nSPS) is 12.2. The number of Topliss-reactive ketones (excluding diaryl/α,β-unsaturated/α-hetero) is 1. The van der Waals surface area contributed by atoms with Crippen LogP contribution in [0.4, 0.5) is 4.79 Å². The Kier molecular flexibility index (Phi) is 10.6. The summed E-state index contributed by atoms with van der Waals surface area (Å²) < 4.78 is 5.09. The van der Waals surface area contributed by atoms with E-state index < -0.39 is 48.8 Å². The fourth-order valence-electron chi connectivity index (χ4n) is 3.72. The van der Waals surface area contributed by atoms with E-state index in [2.05, 4.69) is 31.4 Å². The van der Waals surface area contributed by atoms with Gasteiger partial charge in [-0.1, -0.05) is 56.3 Å². The fourth-order valence-corrected chi connectivity index (χ4v) is 3.72. The standard InChI is InChI=1S/C27H31N7O7/c1-16(2)23(26(39)28-3)30-25(38)19-11-7-10-18(12-19)24-31-33-34(32-24)14-21(35)20(13-22(36)37)29-27(40)41-15-17-8-5-4-6-9-17/h4-12,16,20,23H,13-15H2,1-3H3,(H,28,39)(H,29,40)(H,30,38)(H,36,37)/t20?,23-/m0/s1. The average Bonchev–Trinajstić information content (AvgIpc) is 3.42. The number of aliphatic carboxylic acids is 1. The summed E-state index contributed by atoms with van der Waals surface area (Å²) in [6.45, 7) is 3.08. The molecule has 0 radical (unpaired) electrons. The minimum Gasteiger partial charge on any atom is -0.481 e. The number of likely N-dealkylation sites (N-methyl/N-ethyl adjacent to an activating group) is 1. The van der Waals surface area contributed by atoms with Gasteiger partial charge in [-0.25, -0.2) is 4.79 Å². The van der Waals surface area contributed by atoms with Gasteiger partial charge >= 0.3 is 12.1 Å². The molecule has 3 aromatic rings. The number of benzene rings is 2. The Morgan fingerprint density at radius 1 is 1.00 bits per heavy atom. The third-order valence-electron chi connectivity index (χ3n) is 5.89. The highest BCUT2D eigenvalue weighted by molar-refractivity contribution is 5.98. The van der Waals surface area contributed by atoms with E-state index in [1.807, 2.05) is 13.8 Å². The van der Waals surface area contributed by atoms with Crippen LogP contribution in [-0.4, -0.2) is 74.1 Å². The summed E-state index contributed by atoms with van der Waals surface area (Å²) in [6, 6.07) is 13.0. The van der Waals surface area contributed by atoms with Gasteiger partial charge in [-0.15, -0.1) is 10.2 Å². The van der Waals surface area contributed by atoms with Crippen LogP contribution in [0, 0.1) is 5.92 Å². The Balaban J connectivity index is 1.66. The lowest BCUT2D eigenvalue weighted by molar-refractivity contribution is -0.139. The number of carbonyl (C=O) groups excluding carboxylic acids is 4. The number of nitrogens with one attached hydrogen (secondary N) is 3. The van der Waals surface area contributed by atoms with Crippen LogP contribution in [0.15, 0.2) is 54.6 Å². The average molecular weight is 566 g/mol. The van der Waals surface area contributed by atoms with Crippen LogP contribution in [0.25, 0.3) is 11.4 Å². The molecular weight excluding hydrogens is 534 g/mol. The molecule has 0 saturated heterocycles. The Morgan fingerprint density at radius 2 is 1.73 bits per heavy atom. The first kappa shape index (κ1) is 30.4. The third kappa shape index (κ3) is 8.95. The number of rotatable bonds is 13. The van der Waals surface area contributed by atoms with Crippen LogP contribution in [-0.2, 0) is 32.3 Å². The van der Waals surface area contributed by atoms with Crippen molar-refractivity contribution < 1.29 is 33.8 Å². The second kappa shape index (κ2) is 14.3. The van der Waals surface area contributed by atoms with Crippen molar-refractivity contribution in [1.82, 2.24) is 36.2 Å². The number of carboxylic acid groups (broad SMARTS) is 1. The number of nitrogens with zero attached hydrogens (tertiary/aromatic N) is 4. The van der Waals surface area contributed by atoms with Gasteiger partial charge < -0.3 is 25.8 Å². The van der Waals surface area contributed by atoms with Crippen molar-refractivity contribution in [3.8, 4) is 11.4 Å². The Bertz CT molecular complexity index is 1390. The Labute approximate surface area is 235 Å². The van der Waals surface area contributed by atoms with E-state index in [4.69, 9.17) is 4.74 Å². The molecule has 0 bridgehead atoms. The van der Waals surface area contributed by atoms with E-state index in [-0.39, 0.29) is 29.8 Å². The maximum atomic E-state index is 12.8. The summed E-state index contributed by atoms with van der Waals surface area (Å²) in [7, 11) is 1.49. The number of ether oxygens (including phenoxy) is 1. The largest absolute Gasteiger partial charge is 0.481 e. The fraction of sp³-hybridized carbons (Fsp3) is 0.333. The smallest absolute Gasteiger partial charge is 0.408 e. The van der Waals surface area contributed by atoms with Gasteiger partial charge in [0.05, 0.1) is 6.42 Å². The molecule has 2 aromatic carbocycles. The molecule has 0 spiro atoms. The molecular formula is C27H31N7O7. The summed E-state index contributed by atoms with van der Waals surface area (Å²) in [5.74, 6) is -2.83. The van der Waals surface area contributed by atoms with Gasteiger partial charge in [-0.2, -0.15) is 4.80 Å². The molecule has 0 saturated carbocycles. The number of carboxylic acids is 1. The number of carbonyl (C=O) groups is 5. The van der Waals surface area contributed by atoms with E-state index in [0.717, 1.165) is 10.4 Å². The van der Waals surface area contributed by atoms with Crippen molar-refractivity contribution in [2.75, 3.05) is 7.05 Å². The van der Waals surface area contributed by atoms with Crippen LogP contribution in [0.3, 0.4) is 0 Å². The number of amides is 3. The zero-order valence-corrected chi connectivity index (χ0v) is 22.7. The SMILES string of the molecule is CNC(=O)[C@@H](NC(=O)c1cccc(-c2nnn(CC(=O)C(CC(=O)O)NC(=O)OCc3ccccc3)n2)c1)C(C)C. The van der Waals surface area contributed by atoms with Crippen LogP contribution >= 0.6 is 0 Å². The molecule has 4 N–H and O–H groups in total. The van der Waals surface area contributed by atoms with Crippen molar-refractivity contribution in [1.29, 1.82) is 0 Å². The molecule has 14 nitrogen and oxygen atoms in total. The molecule has 0 fully saturated rings. The molecule has 0 aliphatic rings. The summed E-state index contributed by atoms with van der Waals surface area (Å²) in [5, 5.41) is 28.6. The predicted molar refractivity (Wildman–Crippen MR) is 144 cm³/mol. The monoisotopic (exact) mass is 565 g/mol. The maximum absolute atomic E-state index is 12.8. The molecule has 1 heterocycles. The van der Waals surface area contributed by atoms with Gasteiger partial charge in [-0.05, 0) is 28.8 Å². The van der Waals surface area contributed by atoms with Crippen molar-refractivity contribution >= 4 is 29.7 Å². The highest BCUT2D eigenvalue weighted by Gasteiger charge is 2.26. The number of hydrogen-bond donors (Lipinski definition) is 4. The molecule has 216 valence electrons. The highest BCUT2D eigenvalue weighted by Crippen LogP contribution is 2.16. The van der Waals surface area contributed by atoms with Crippen LogP contribution < -0.4 is 16.0 Å². The van der Waals surface area contributed by atoms with E-state index >= 15 is 0 Å². The van der Waals surface area contributed by atoms with Crippen LogP contribution in [0.1, 0.15) is 36.2 Å². The van der Waals surface area contributed by atoms with E-state index in [1.165, 1.54) is 13.1 Å². The molecule has 0 aliphatic carbocycles. The molecule has 3 amide bonds. The van der Waals surface area contributed by atoms with Gasteiger partial charge in [-0.3, -0.25) is 19.2 Å². The van der Waals surface area contributed by atoms with E-state index in [9.17, 15) is 29.1 Å². The lowest BCUT2D eigenvalue weighted by atomic mass is 10.0. The number of tetrazole rings is 1. The Hall–Kier alpha value is -5.14. The van der Waals surface area contributed by atoms with E-state index in [1.54, 1.807) is 48.5 Å². The van der Waals surface area contributed by atoms with Gasteiger partial charge in [0.25, 0.3) is 5.91 Å². The van der Waals surface area contributed by atoms with Gasteiger partial charge in [0, 0.05) is 18.2 Å². The van der Waals surface area contributed by atoms with Crippen molar-refractivity contribution in [2.24, 2.45) is 5.92 Å². The highest BCUT2D eigenvalue weighted by atomic mass is 16.5. The lowest BCUT2D eigenvalue weighted by Crippen LogP contribution is -2.48. The second-order valence-corrected chi connectivity index (χ2v) is 9.36. The first-order valence-electron chi connectivity index (χ1n) is 12.7. The summed E-state index contributed by atoms with van der Waals surface area (Å²) in [6.07, 6.45) is -1.63. The van der Waals surface area contributed by atoms with Crippen molar-refractivity contribution in [3.05, 3.63) is 65.7 Å². The lowest BCUT2D eigenvalue weighted by Gasteiger charge is -2.20. The first-order valence-corrected chi connectivity index (χ1v) is 12.7. The number of ketones is 1. The molecule has 1 aromatic heterocycles. The number of aromatic nitrogens is 4. The zero-order chi connectivity index (χ0) is 29.9. The zero-order valence-electron chi connectivity index (χ0n) is 22.7. The van der Waals surface area contributed by atoms with Crippen molar-refractivity contribution in [3.63, 3.8) is 0 Å². The van der Waals surface area contributed by atoms with Crippen LogP contribution in [0.2, 0.25) is 0 Å². The van der Waals surface area contributed by atoms with Crippen LogP contribution in [0.5, 0.6) is 0 Å². The van der Waals surface area contributed by atoms with Gasteiger partial charge in [0.1, 0.15) is 25.2 Å². The van der Waals surface area contributed by atoms with Crippen molar-refractivity contribution in [2.45, 2.75) is 45.5 Å². The summed E-state index contributed by atoms with van der Waals surface area (Å²) in [5.41, 5.74) is 1.39. The van der Waals surface area contributed by atoms with Gasteiger partial charge in [0.2, 0.25) is 11.7 Å². The third-order valence-corrected chi connectivity index (χ3v) is 5.89. The summed E-state index contributed by atoms with van der Waals surface area (Å²) in [4.78, 5) is 62.2. The van der Waals surface area contributed by atoms with Gasteiger partial charge in [0.15, 0.2) is 5.78 Å². The topological polar surface area (TPSA) is 194 Å². The maximum Gasteiger partial charge on any atom is 0.408 e. The molecule has 3 rings (SSSR count). The second-order valence-electron chi connectivity index (χ2n) is 9.36. The molecule has 0 aliphatic heterocycles. The molecule has 1 unspecified atom stereocenters. The predicted octanol–water partition coefficient (Wildman–Crippen LogP) is 1.18. The minimum atomic E-state index is -1.40. The molecule has 2 atom stereocenters. The quantitative estimate of drug-likeness (QED) is 0.234.